The molecule has 0 saturated heterocycles. The zero-order valence-corrected chi connectivity index (χ0v) is 10.5. The van der Waals surface area contributed by atoms with Crippen molar-refractivity contribution < 1.29 is 4.79 Å². The van der Waals surface area contributed by atoms with Gasteiger partial charge in [-0.1, -0.05) is 30.3 Å². The number of hydrogen-bond donors (Lipinski definition) is 1. The molecule has 16 heavy (non-hydrogen) atoms. The molecule has 0 aliphatic rings. The first-order chi connectivity index (χ1) is 7.15. The fraction of sp³-hybridized carbons (Fsp3) is 0.417. The maximum Gasteiger partial charge on any atom is 0.227 e. The summed E-state index contributed by atoms with van der Waals surface area (Å²) < 4.78 is 0. The lowest BCUT2D eigenvalue weighted by molar-refractivity contribution is -0.130. The molecule has 0 saturated carbocycles. The van der Waals surface area contributed by atoms with Gasteiger partial charge < -0.3 is 10.6 Å². The lowest BCUT2D eigenvalue weighted by Crippen LogP contribution is -2.40. The molecule has 0 aliphatic carbocycles. The molecule has 1 unspecified atom stereocenters. The van der Waals surface area contributed by atoms with E-state index in [9.17, 15) is 4.79 Å². The van der Waals surface area contributed by atoms with E-state index in [0.29, 0.717) is 13.0 Å². The van der Waals surface area contributed by atoms with E-state index in [4.69, 9.17) is 5.73 Å². The van der Waals surface area contributed by atoms with Gasteiger partial charge in [-0.05, 0) is 12.5 Å². The number of nitrogens with two attached hydrogens (primary N) is 1. The standard InChI is InChI=1S/C12H18N2O.ClH/c1-10(9-13)14(2)12(15)8-11-6-4-3-5-7-11;/h3-7,10H,8-9,13H2,1-2H3;1H. The van der Waals surface area contributed by atoms with Crippen LogP contribution in [0.15, 0.2) is 30.3 Å². The third-order valence-corrected chi connectivity index (χ3v) is 2.59. The number of halogens is 1. The van der Waals surface area contributed by atoms with Gasteiger partial charge >= 0.3 is 0 Å². The van der Waals surface area contributed by atoms with Gasteiger partial charge in [-0.2, -0.15) is 0 Å². The van der Waals surface area contributed by atoms with Crippen LogP contribution in [-0.2, 0) is 11.2 Å². The van der Waals surface area contributed by atoms with Crippen LogP contribution in [0.3, 0.4) is 0 Å². The monoisotopic (exact) mass is 242 g/mol. The minimum Gasteiger partial charge on any atom is -0.341 e. The molecule has 90 valence electrons. The summed E-state index contributed by atoms with van der Waals surface area (Å²) in [6, 6.07) is 9.84. The SMILES string of the molecule is CC(CN)N(C)C(=O)Cc1ccccc1.Cl. The summed E-state index contributed by atoms with van der Waals surface area (Å²) in [5.74, 6) is 0.110. The Morgan fingerprint density at radius 2 is 1.94 bits per heavy atom. The molecule has 1 amide bonds. The Labute approximate surface area is 103 Å². The topological polar surface area (TPSA) is 46.3 Å². The van der Waals surface area contributed by atoms with Gasteiger partial charge in [-0.3, -0.25) is 4.79 Å². The Balaban J connectivity index is 0.00000225. The summed E-state index contributed by atoms with van der Waals surface area (Å²) in [5.41, 5.74) is 6.55. The number of hydrogen-bond acceptors (Lipinski definition) is 2. The fourth-order valence-electron chi connectivity index (χ4n) is 1.30. The normalized spacial score (nSPS) is 11.4. The second kappa shape index (κ2) is 7.25. The van der Waals surface area contributed by atoms with Gasteiger partial charge in [0.2, 0.25) is 5.91 Å². The van der Waals surface area contributed by atoms with E-state index in [-0.39, 0.29) is 24.4 Å². The summed E-state index contributed by atoms with van der Waals surface area (Å²) in [4.78, 5) is 13.5. The molecule has 1 aromatic carbocycles. The van der Waals surface area contributed by atoms with Crippen LogP contribution in [0.4, 0.5) is 0 Å². The number of likely N-dealkylation sites (N-methyl/N-ethyl adjacent to an activating group) is 1. The number of amides is 1. The number of carbonyl (C=O) groups excluding carboxylic acids is 1. The van der Waals surface area contributed by atoms with E-state index in [1.807, 2.05) is 37.3 Å². The molecule has 0 aliphatic heterocycles. The Morgan fingerprint density at radius 1 is 1.38 bits per heavy atom. The molecular weight excluding hydrogens is 224 g/mol. The predicted octanol–water partition coefficient (Wildman–Crippen LogP) is 1.46. The number of rotatable bonds is 4. The van der Waals surface area contributed by atoms with Gasteiger partial charge in [0.15, 0.2) is 0 Å². The zero-order valence-electron chi connectivity index (χ0n) is 9.72. The molecule has 1 atom stereocenters. The molecule has 1 rings (SSSR count). The van der Waals surface area contributed by atoms with Gasteiger partial charge in [-0.25, -0.2) is 0 Å². The summed E-state index contributed by atoms with van der Waals surface area (Å²) in [6.07, 6.45) is 0.446. The van der Waals surface area contributed by atoms with Crippen LogP contribution in [0.5, 0.6) is 0 Å². The minimum absolute atomic E-state index is 0. The van der Waals surface area contributed by atoms with Gasteiger partial charge in [0, 0.05) is 19.6 Å². The second-order valence-corrected chi connectivity index (χ2v) is 3.75. The van der Waals surface area contributed by atoms with Crippen molar-refractivity contribution in [1.29, 1.82) is 0 Å². The van der Waals surface area contributed by atoms with Crippen molar-refractivity contribution in [2.45, 2.75) is 19.4 Å². The van der Waals surface area contributed by atoms with Gasteiger partial charge in [-0.15, -0.1) is 12.4 Å². The first-order valence-electron chi connectivity index (χ1n) is 5.14. The van der Waals surface area contributed by atoms with E-state index in [0.717, 1.165) is 5.56 Å². The number of nitrogens with zero attached hydrogens (tertiary/aromatic N) is 1. The number of carbonyl (C=O) groups is 1. The summed E-state index contributed by atoms with van der Waals surface area (Å²) >= 11 is 0. The van der Waals surface area contributed by atoms with E-state index >= 15 is 0 Å². The Hall–Kier alpha value is -1.06. The van der Waals surface area contributed by atoms with E-state index in [2.05, 4.69) is 0 Å². The molecular formula is C12H19ClN2O. The minimum atomic E-state index is 0. The molecule has 0 aromatic heterocycles. The number of benzene rings is 1. The van der Waals surface area contributed by atoms with Crippen LogP contribution in [0.2, 0.25) is 0 Å². The highest BCUT2D eigenvalue weighted by atomic mass is 35.5. The Morgan fingerprint density at radius 3 is 2.44 bits per heavy atom. The van der Waals surface area contributed by atoms with Crippen molar-refractivity contribution in [2.75, 3.05) is 13.6 Å². The zero-order chi connectivity index (χ0) is 11.3. The van der Waals surface area contributed by atoms with Crippen molar-refractivity contribution >= 4 is 18.3 Å². The van der Waals surface area contributed by atoms with Gasteiger partial charge in [0.1, 0.15) is 0 Å². The first kappa shape index (κ1) is 14.9. The Kier molecular flexibility index (Phi) is 6.77. The van der Waals surface area contributed by atoms with E-state index in [1.54, 1.807) is 11.9 Å². The van der Waals surface area contributed by atoms with Crippen molar-refractivity contribution in [3.63, 3.8) is 0 Å². The lowest BCUT2D eigenvalue weighted by atomic mass is 10.1. The summed E-state index contributed by atoms with van der Waals surface area (Å²) in [7, 11) is 1.79. The lowest BCUT2D eigenvalue weighted by Gasteiger charge is -2.23. The summed E-state index contributed by atoms with van der Waals surface area (Å²) in [6.45, 7) is 2.44. The first-order valence-corrected chi connectivity index (χ1v) is 5.14. The van der Waals surface area contributed by atoms with Crippen molar-refractivity contribution in [3.05, 3.63) is 35.9 Å². The van der Waals surface area contributed by atoms with E-state index in [1.165, 1.54) is 0 Å². The molecule has 1 aromatic rings. The van der Waals surface area contributed by atoms with Crippen LogP contribution < -0.4 is 5.73 Å². The average Bonchev–Trinajstić information content (AvgIpc) is 2.28. The maximum atomic E-state index is 11.8. The second-order valence-electron chi connectivity index (χ2n) is 3.75. The van der Waals surface area contributed by atoms with Crippen LogP contribution in [0, 0.1) is 0 Å². The summed E-state index contributed by atoms with van der Waals surface area (Å²) in [5, 5.41) is 0. The van der Waals surface area contributed by atoms with Gasteiger partial charge in [0.25, 0.3) is 0 Å². The van der Waals surface area contributed by atoms with Crippen molar-refractivity contribution in [2.24, 2.45) is 5.73 Å². The highest BCUT2D eigenvalue weighted by Gasteiger charge is 2.14. The predicted molar refractivity (Wildman–Crippen MR) is 68.7 cm³/mol. The highest BCUT2D eigenvalue weighted by molar-refractivity contribution is 5.85. The molecule has 2 N–H and O–H groups in total. The van der Waals surface area contributed by atoms with Crippen LogP contribution >= 0.6 is 12.4 Å². The Bertz CT molecular complexity index is 316. The van der Waals surface area contributed by atoms with Crippen LogP contribution in [-0.4, -0.2) is 30.4 Å². The van der Waals surface area contributed by atoms with Crippen molar-refractivity contribution in [3.8, 4) is 0 Å². The maximum absolute atomic E-state index is 11.8. The van der Waals surface area contributed by atoms with Crippen molar-refractivity contribution in [1.82, 2.24) is 4.90 Å². The average molecular weight is 243 g/mol. The molecule has 3 nitrogen and oxygen atoms in total. The molecule has 0 bridgehead atoms. The van der Waals surface area contributed by atoms with Crippen LogP contribution in [0.1, 0.15) is 12.5 Å². The highest BCUT2D eigenvalue weighted by Crippen LogP contribution is 2.03. The van der Waals surface area contributed by atoms with Gasteiger partial charge in [0.05, 0.1) is 6.42 Å². The smallest absolute Gasteiger partial charge is 0.227 e. The quantitative estimate of drug-likeness (QED) is 0.869. The molecule has 4 heteroatoms. The largest absolute Gasteiger partial charge is 0.341 e. The van der Waals surface area contributed by atoms with E-state index < -0.39 is 0 Å². The van der Waals surface area contributed by atoms with Crippen LogP contribution in [0.25, 0.3) is 0 Å². The molecule has 0 heterocycles. The molecule has 0 spiro atoms. The third kappa shape index (κ3) is 4.21. The molecule has 0 fully saturated rings. The third-order valence-electron chi connectivity index (χ3n) is 2.59. The molecule has 0 radical (unpaired) electrons. The fourth-order valence-corrected chi connectivity index (χ4v) is 1.30.